The molecule has 15 heteroatoms. The Kier molecular flexibility index (Phi) is 15.9. The van der Waals surface area contributed by atoms with Crippen LogP contribution in [0.1, 0.15) is 110 Å². The number of cyclic esters (lactones) is 1. The molecule has 2 N–H and O–H groups in total. The second kappa shape index (κ2) is 21.7. The summed E-state index contributed by atoms with van der Waals surface area (Å²) in [5, 5.41) is 5.76. The molecule has 2 saturated heterocycles. The van der Waals surface area contributed by atoms with Crippen molar-refractivity contribution in [3.8, 4) is 34.2 Å². The van der Waals surface area contributed by atoms with E-state index in [1.165, 1.54) is 0 Å². The maximum Gasteiger partial charge on any atom is 0.310 e. The molecule has 4 aromatic rings. The number of carbonyl (C=O) groups is 4. The molecule has 3 amide bonds. The Morgan fingerprint density at radius 1 is 1.07 bits per heavy atom. The highest BCUT2D eigenvalue weighted by molar-refractivity contribution is 5.96. The summed E-state index contributed by atoms with van der Waals surface area (Å²) in [6.07, 6.45) is 4.34. The van der Waals surface area contributed by atoms with E-state index in [1.807, 2.05) is 71.8 Å². The number of likely N-dealkylation sites (tertiary alicyclic amines) is 1. The molecule has 14 nitrogen and oxygen atoms in total. The number of hydrogen-bond donors (Lipinski definition) is 2. The molecule has 3 aliphatic heterocycles. The summed E-state index contributed by atoms with van der Waals surface area (Å²) in [6, 6.07) is 15.0. The van der Waals surface area contributed by atoms with E-state index in [-0.39, 0.29) is 61.5 Å². The fourth-order valence-corrected chi connectivity index (χ4v) is 10.5. The van der Waals surface area contributed by atoms with Crippen molar-refractivity contribution in [3.63, 3.8) is 0 Å². The standard InChI is InChI=1S/C58H76FN7O7/c1-12-65-49-18-17-40-29-44(49)45(52(65)43-15-13-23-60-51(43)37(4)71-11)30-56(5,6)35-73-55(70)47-16-14-24-66(62-58(47)21-22-58)54(69)48(28-38-25-39(31-59)27-41(40)26-38)61-53(68)46(36(2)3)34-72-42-32-64(33-42)50(67)19-20-57(7,8)63(9)10/h13,15,17-18,23,25-27,29,36-37,42,46-48,62H,12,14,16,21-22,24,28,30-35H2,1-11H3,(H,61,68)/t37-,46?,47-,48?/m0/s1. The number of amides is 3. The minimum absolute atomic E-state index is 0.0820. The Labute approximate surface area is 431 Å². The molecule has 1 aliphatic carbocycles. The number of nitrogens with zero attached hydrogens (tertiary/aromatic N) is 5. The SMILES string of the molecule is CCn1c(-c2cccnc2[C@H](C)OC)c2c3cc(ccc31)-c1cc(CF)cc(c1)CC(NC(=O)C(COC1CN(C(=O)C#CC(C)(C)N(C)C)C1)C(C)C)C(=O)N1CCC[C@@H](C(=O)OCC(C)(C)C2)C2(CC2)N1. The fraction of sp³-hybridized carbons (Fsp3) is 0.569. The maximum atomic E-state index is 15.1. The van der Waals surface area contributed by atoms with Crippen LogP contribution in [-0.4, -0.2) is 125 Å². The third-order valence-corrected chi connectivity index (χ3v) is 15.8. The summed E-state index contributed by atoms with van der Waals surface area (Å²) in [5.41, 5.74) is 9.56. The van der Waals surface area contributed by atoms with Crippen LogP contribution in [0.15, 0.2) is 54.7 Å². The van der Waals surface area contributed by atoms with Gasteiger partial charge in [0.05, 0.1) is 59.7 Å². The first kappa shape index (κ1) is 53.6. The molecule has 1 saturated carbocycles. The maximum absolute atomic E-state index is 15.1. The first-order valence-electron chi connectivity index (χ1n) is 26.2. The molecule has 73 heavy (non-hydrogen) atoms. The van der Waals surface area contributed by atoms with E-state index in [0.29, 0.717) is 69.4 Å². The number of fused-ring (bicyclic) bond motifs is 5. The van der Waals surface area contributed by atoms with Crippen LogP contribution in [0.2, 0.25) is 0 Å². The number of alkyl halides is 1. The van der Waals surface area contributed by atoms with Gasteiger partial charge < -0.3 is 29.0 Å². The van der Waals surface area contributed by atoms with Gasteiger partial charge in [-0.2, -0.15) is 0 Å². The Hall–Kier alpha value is -5.66. The van der Waals surface area contributed by atoms with E-state index in [4.69, 9.17) is 19.2 Å². The first-order valence-corrected chi connectivity index (χ1v) is 26.2. The van der Waals surface area contributed by atoms with Gasteiger partial charge in [-0.1, -0.05) is 51.8 Å². The number of pyridine rings is 1. The molecule has 4 aliphatic rings. The molecule has 5 heterocycles. The normalized spacial score (nSPS) is 21.0. The second-order valence-electron chi connectivity index (χ2n) is 22.7. The van der Waals surface area contributed by atoms with Crippen molar-refractivity contribution in [1.29, 1.82) is 0 Å². The lowest BCUT2D eigenvalue weighted by atomic mass is 9.84. The number of aromatic nitrogens is 2. The zero-order valence-electron chi connectivity index (χ0n) is 44.8. The number of esters is 1. The molecular formula is C58H76FN7O7. The molecule has 2 unspecified atom stereocenters. The number of ether oxygens (including phenoxy) is 3. The van der Waals surface area contributed by atoms with Crippen molar-refractivity contribution in [3.05, 3.63) is 77.1 Å². The van der Waals surface area contributed by atoms with Gasteiger partial charge in [0.2, 0.25) is 5.91 Å². The van der Waals surface area contributed by atoms with Gasteiger partial charge in [0, 0.05) is 67.8 Å². The van der Waals surface area contributed by atoms with Crippen LogP contribution in [-0.2, 0) is 59.4 Å². The fourth-order valence-electron chi connectivity index (χ4n) is 10.5. The lowest BCUT2D eigenvalue weighted by Crippen LogP contribution is -2.59. The van der Waals surface area contributed by atoms with Gasteiger partial charge in [-0.3, -0.25) is 34.1 Å². The van der Waals surface area contributed by atoms with Crippen LogP contribution >= 0.6 is 0 Å². The van der Waals surface area contributed by atoms with Gasteiger partial charge in [0.15, 0.2) is 0 Å². The van der Waals surface area contributed by atoms with Gasteiger partial charge >= 0.3 is 5.97 Å². The highest BCUT2D eigenvalue weighted by Crippen LogP contribution is 2.47. The van der Waals surface area contributed by atoms with E-state index < -0.39 is 41.0 Å². The summed E-state index contributed by atoms with van der Waals surface area (Å²) in [5.74, 6) is 3.32. The lowest BCUT2D eigenvalue weighted by Gasteiger charge is -2.38. The zero-order chi connectivity index (χ0) is 52.6. The Morgan fingerprint density at radius 3 is 2.49 bits per heavy atom. The van der Waals surface area contributed by atoms with Gasteiger partial charge in [0.25, 0.3) is 11.8 Å². The average Bonchev–Trinajstić information content (AvgIpc) is 4.10. The number of benzene rings is 2. The van der Waals surface area contributed by atoms with Crippen molar-refractivity contribution in [2.24, 2.45) is 23.2 Å². The van der Waals surface area contributed by atoms with E-state index in [9.17, 15) is 14.4 Å². The topological polar surface area (TPSA) is 148 Å². The molecule has 8 rings (SSSR count). The molecule has 4 atom stereocenters. The lowest BCUT2D eigenvalue weighted by molar-refractivity contribution is -0.154. The largest absolute Gasteiger partial charge is 0.465 e. The van der Waals surface area contributed by atoms with Crippen molar-refractivity contribution >= 4 is 34.6 Å². The monoisotopic (exact) mass is 1000 g/mol. The zero-order valence-corrected chi connectivity index (χ0v) is 44.8. The highest BCUT2D eigenvalue weighted by atomic mass is 19.1. The minimum Gasteiger partial charge on any atom is -0.465 e. The van der Waals surface area contributed by atoms with Gasteiger partial charge in [-0.15, -0.1) is 0 Å². The van der Waals surface area contributed by atoms with Crippen LogP contribution in [0.3, 0.4) is 0 Å². The number of rotatable bonds is 12. The van der Waals surface area contributed by atoms with E-state index in [0.717, 1.165) is 44.5 Å². The number of hydrazine groups is 1. The molecule has 6 bridgehead atoms. The molecule has 0 radical (unpaired) electrons. The smallest absolute Gasteiger partial charge is 0.310 e. The van der Waals surface area contributed by atoms with Gasteiger partial charge in [0.1, 0.15) is 12.7 Å². The van der Waals surface area contributed by atoms with Crippen molar-refractivity contribution in [2.75, 3.05) is 54.1 Å². The minimum atomic E-state index is -1.05. The number of methoxy groups -OCH3 is 1. The third-order valence-electron chi connectivity index (χ3n) is 15.8. The summed E-state index contributed by atoms with van der Waals surface area (Å²) in [4.78, 5) is 65.3. The van der Waals surface area contributed by atoms with Gasteiger partial charge in [-0.05, 0) is 144 Å². The molecule has 1 spiro atoms. The van der Waals surface area contributed by atoms with Crippen molar-refractivity contribution in [1.82, 2.24) is 35.1 Å². The predicted molar refractivity (Wildman–Crippen MR) is 280 cm³/mol. The van der Waals surface area contributed by atoms with Crippen LogP contribution in [0.25, 0.3) is 33.3 Å². The number of aryl methyl sites for hydroxylation is 1. The first-order chi connectivity index (χ1) is 34.7. The molecule has 3 fully saturated rings. The van der Waals surface area contributed by atoms with Crippen LogP contribution < -0.4 is 10.7 Å². The second-order valence-corrected chi connectivity index (χ2v) is 22.7. The van der Waals surface area contributed by atoms with Crippen molar-refractivity contribution < 1.29 is 37.8 Å². The average molecular weight is 1000 g/mol. The third kappa shape index (κ3) is 11.5. The number of halogens is 1. The summed E-state index contributed by atoms with van der Waals surface area (Å²) in [7, 11) is 5.52. The summed E-state index contributed by atoms with van der Waals surface area (Å²) < 4.78 is 35.9. The van der Waals surface area contributed by atoms with Crippen LogP contribution in [0.5, 0.6) is 0 Å². The summed E-state index contributed by atoms with van der Waals surface area (Å²) >= 11 is 0. The summed E-state index contributed by atoms with van der Waals surface area (Å²) in [6.45, 7) is 17.4. The quantitative estimate of drug-likeness (QED) is 0.106. The molecule has 2 aromatic heterocycles. The van der Waals surface area contributed by atoms with E-state index in [1.54, 1.807) is 29.3 Å². The van der Waals surface area contributed by atoms with Crippen molar-refractivity contribution in [2.45, 2.75) is 136 Å². The molecule has 2 aromatic carbocycles. The Bertz CT molecular complexity index is 2780. The molecule has 392 valence electrons. The Morgan fingerprint density at radius 2 is 1.82 bits per heavy atom. The van der Waals surface area contributed by atoms with E-state index in [2.05, 4.69) is 72.2 Å². The van der Waals surface area contributed by atoms with Crippen LogP contribution in [0, 0.1) is 35.0 Å². The van der Waals surface area contributed by atoms with Gasteiger partial charge in [-0.25, -0.2) is 9.82 Å². The van der Waals surface area contributed by atoms with E-state index >= 15 is 9.18 Å². The molecular weight excluding hydrogens is 926 g/mol. The Balaban J connectivity index is 1.16. The number of hydrogen-bond acceptors (Lipinski definition) is 10. The number of nitrogens with one attached hydrogen (secondary N) is 2. The van der Waals surface area contributed by atoms with Crippen LogP contribution in [0.4, 0.5) is 4.39 Å². The highest BCUT2D eigenvalue weighted by Gasteiger charge is 2.56. The number of carbonyl (C=O) groups excluding carboxylic acids is 4. The predicted octanol–water partition coefficient (Wildman–Crippen LogP) is 7.84.